The van der Waals surface area contributed by atoms with Gasteiger partial charge in [0.15, 0.2) is 0 Å². The van der Waals surface area contributed by atoms with Crippen LogP contribution in [0.15, 0.2) is 24.3 Å². The van der Waals surface area contributed by atoms with Crippen molar-refractivity contribution in [3.8, 4) is 0 Å². The molecule has 1 fully saturated rings. The van der Waals surface area contributed by atoms with E-state index in [0.29, 0.717) is 6.54 Å². The van der Waals surface area contributed by atoms with E-state index in [1.807, 2.05) is 24.3 Å². The van der Waals surface area contributed by atoms with Crippen LogP contribution >= 0.6 is 0 Å². The molecule has 0 radical (unpaired) electrons. The van der Waals surface area contributed by atoms with Gasteiger partial charge in [0.1, 0.15) is 0 Å². The lowest BCUT2D eigenvalue weighted by Crippen LogP contribution is -2.26. The van der Waals surface area contributed by atoms with Gasteiger partial charge >= 0.3 is 0 Å². The molecule has 4 heteroatoms. The highest BCUT2D eigenvalue weighted by molar-refractivity contribution is 5.94. The van der Waals surface area contributed by atoms with E-state index in [-0.39, 0.29) is 18.4 Å². The lowest BCUT2D eigenvalue weighted by atomic mass is 10.2. The summed E-state index contributed by atoms with van der Waals surface area (Å²) < 4.78 is 0. The van der Waals surface area contributed by atoms with Crippen molar-refractivity contribution in [1.82, 2.24) is 0 Å². The summed E-state index contributed by atoms with van der Waals surface area (Å²) in [7, 11) is 0. The summed E-state index contributed by atoms with van der Waals surface area (Å²) in [6, 6.07) is 7.77. The molecule has 0 unspecified atom stereocenters. The van der Waals surface area contributed by atoms with E-state index < -0.39 is 0 Å². The smallest absolute Gasteiger partial charge is 0.227 e. The van der Waals surface area contributed by atoms with Crippen LogP contribution in [0.5, 0.6) is 0 Å². The predicted octanol–water partition coefficient (Wildman–Crippen LogP) is 1.85. The number of nitrogens with one attached hydrogen (secondary N) is 1. The highest BCUT2D eigenvalue weighted by atomic mass is 16.3. The van der Waals surface area contributed by atoms with Gasteiger partial charge in [0.25, 0.3) is 0 Å². The molecule has 98 valence electrons. The number of hydrogen-bond acceptors (Lipinski definition) is 3. The maximum Gasteiger partial charge on any atom is 0.227 e. The lowest BCUT2D eigenvalue weighted by Gasteiger charge is -2.22. The van der Waals surface area contributed by atoms with Crippen LogP contribution in [0.25, 0.3) is 0 Å². The number of benzene rings is 1. The van der Waals surface area contributed by atoms with E-state index in [2.05, 4.69) is 17.1 Å². The molecule has 1 saturated carbocycles. The molecular formula is C14H20N2O2. The zero-order valence-corrected chi connectivity index (χ0v) is 10.7. The zero-order chi connectivity index (χ0) is 13.0. The van der Waals surface area contributed by atoms with Crippen molar-refractivity contribution in [2.75, 3.05) is 29.9 Å². The molecule has 1 aromatic carbocycles. The fourth-order valence-corrected chi connectivity index (χ4v) is 1.94. The van der Waals surface area contributed by atoms with Crippen LogP contribution in [-0.4, -0.2) is 30.7 Å². The minimum atomic E-state index is 0.130. The van der Waals surface area contributed by atoms with E-state index in [0.717, 1.165) is 30.8 Å². The molecule has 1 aromatic rings. The summed E-state index contributed by atoms with van der Waals surface area (Å²) >= 11 is 0. The minimum absolute atomic E-state index is 0.130. The van der Waals surface area contributed by atoms with Gasteiger partial charge in [-0.25, -0.2) is 0 Å². The number of aliphatic hydroxyl groups is 1. The third-order valence-corrected chi connectivity index (χ3v) is 3.20. The summed E-state index contributed by atoms with van der Waals surface area (Å²) in [5.74, 6) is 0.358. The highest BCUT2D eigenvalue weighted by Crippen LogP contribution is 2.30. The first kappa shape index (κ1) is 12.9. The molecule has 1 aliphatic rings. The summed E-state index contributed by atoms with van der Waals surface area (Å²) in [5.41, 5.74) is 1.91. The van der Waals surface area contributed by atoms with Crippen LogP contribution < -0.4 is 10.2 Å². The maximum atomic E-state index is 11.6. The molecule has 1 aliphatic carbocycles. The normalized spacial score (nSPS) is 14.3. The van der Waals surface area contributed by atoms with E-state index in [9.17, 15) is 4.79 Å². The summed E-state index contributed by atoms with van der Waals surface area (Å²) in [4.78, 5) is 13.7. The highest BCUT2D eigenvalue weighted by Gasteiger charge is 2.29. The molecule has 0 spiro atoms. The minimum Gasteiger partial charge on any atom is -0.395 e. The quantitative estimate of drug-likeness (QED) is 0.808. The zero-order valence-electron chi connectivity index (χ0n) is 10.7. The Kier molecular flexibility index (Phi) is 4.20. The van der Waals surface area contributed by atoms with Gasteiger partial charge in [-0.2, -0.15) is 0 Å². The number of carbonyl (C=O) groups excluding carboxylic acids is 1. The first-order chi connectivity index (χ1) is 8.74. The Morgan fingerprint density at radius 1 is 1.39 bits per heavy atom. The van der Waals surface area contributed by atoms with Crippen molar-refractivity contribution in [2.45, 2.75) is 19.8 Å². The van der Waals surface area contributed by atoms with Gasteiger partial charge in [-0.3, -0.25) is 4.79 Å². The fraction of sp³-hybridized carbons (Fsp3) is 0.500. The molecular weight excluding hydrogens is 228 g/mol. The van der Waals surface area contributed by atoms with Gasteiger partial charge < -0.3 is 15.3 Å². The first-order valence-electron chi connectivity index (χ1n) is 6.51. The van der Waals surface area contributed by atoms with Gasteiger partial charge in [0.05, 0.1) is 6.61 Å². The standard InChI is InChI=1S/C14H20N2O2/c1-2-16(9-10-17)13-7-5-12(6-8-13)15-14(18)11-3-4-11/h5-8,11,17H,2-4,9-10H2,1H3,(H,15,18). The molecule has 1 amide bonds. The van der Waals surface area contributed by atoms with E-state index in [1.54, 1.807) is 0 Å². The second kappa shape index (κ2) is 5.87. The number of nitrogens with zero attached hydrogens (tertiary/aromatic N) is 1. The molecule has 2 N–H and O–H groups in total. The lowest BCUT2D eigenvalue weighted by molar-refractivity contribution is -0.117. The Morgan fingerprint density at radius 2 is 2.06 bits per heavy atom. The average molecular weight is 248 g/mol. The Morgan fingerprint density at radius 3 is 2.56 bits per heavy atom. The average Bonchev–Trinajstić information content (AvgIpc) is 3.21. The largest absolute Gasteiger partial charge is 0.395 e. The van der Waals surface area contributed by atoms with Gasteiger partial charge in [-0.15, -0.1) is 0 Å². The van der Waals surface area contributed by atoms with E-state index >= 15 is 0 Å². The number of hydrogen-bond donors (Lipinski definition) is 2. The van der Waals surface area contributed by atoms with Gasteiger partial charge in [-0.1, -0.05) is 0 Å². The molecule has 0 saturated heterocycles. The maximum absolute atomic E-state index is 11.6. The van der Waals surface area contributed by atoms with Crippen LogP contribution in [0.3, 0.4) is 0 Å². The number of anilines is 2. The first-order valence-corrected chi connectivity index (χ1v) is 6.51. The predicted molar refractivity (Wildman–Crippen MR) is 72.8 cm³/mol. The Bertz CT molecular complexity index is 399. The third-order valence-electron chi connectivity index (χ3n) is 3.20. The second-order valence-electron chi connectivity index (χ2n) is 4.61. The number of rotatable bonds is 6. The Balaban J connectivity index is 1.97. The van der Waals surface area contributed by atoms with Crippen LogP contribution in [0, 0.1) is 5.92 Å². The van der Waals surface area contributed by atoms with Gasteiger partial charge in [-0.05, 0) is 44.0 Å². The summed E-state index contributed by atoms with van der Waals surface area (Å²) in [6.45, 7) is 3.69. The van der Waals surface area contributed by atoms with Crippen molar-refractivity contribution in [3.63, 3.8) is 0 Å². The molecule has 0 aliphatic heterocycles. The van der Waals surface area contributed by atoms with Gasteiger partial charge in [0.2, 0.25) is 5.91 Å². The van der Waals surface area contributed by atoms with E-state index in [1.165, 1.54) is 0 Å². The molecule has 0 aromatic heterocycles. The van der Waals surface area contributed by atoms with Crippen molar-refractivity contribution < 1.29 is 9.90 Å². The Labute approximate surface area is 108 Å². The molecule has 4 nitrogen and oxygen atoms in total. The molecule has 18 heavy (non-hydrogen) atoms. The number of aliphatic hydroxyl groups excluding tert-OH is 1. The van der Waals surface area contributed by atoms with Crippen LogP contribution in [0.4, 0.5) is 11.4 Å². The van der Waals surface area contributed by atoms with Crippen molar-refractivity contribution in [1.29, 1.82) is 0 Å². The number of likely N-dealkylation sites (N-methyl/N-ethyl adjacent to an activating group) is 1. The van der Waals surface area contributed by atoms with Crippen LogP contribution in [0.1, 0.15) is 19.8 Å². The summed E-state index contributed by atoms with van der Waals surface area (Å²) in [5, 5.41) is 11.9. The molecule has 0 bridgehead atoms. The van der Waals surface area contributed by atoms with Crippen LogP contribution in [0.2, 0.25) is 0 Å². The fourth-order valence-electron chi connectivity index (χ4n) is 1.94. The number of carbonyl (C=O) groups is 1. The molecule has 0 atom stereocenters. The molecule has 0 heterocycles. The van der Waals surface area contributed by atoms with E-state index in [4.69, 9.17) is 5.11 Å². The Hall–Kier alpha value is -1.55. The van der Waals surface area contributed by atoms with Crippen molar-refractivity contribution >= 4 is 17.3 Å². The number of amides is 1. The topological polar surface area (TPSA) is 52.6 Å². The second-order valence-corrected chi connectivity index (χ2v) is 4.61. The third kappa shape index (κ3) is 3.23. The summed E-state index contributed by atoms with van der Waals surface area (Å²) in [6.07, 6.45) is 2.04. The van der Waals surface area contributed by atoms with Crippen molar-refractivity contribution in [2.24, 2.45) is 5.92 Å². The SMILES string of the molecule is CCN(CCO)c1ccc(NC(=O)C2CC2)cc1. The van der Waals surface area contributed by atoms with Crippen molar-refractivity contribution in [3.05, 3.63) is 24.3 Å². The molecule has 2 rings (SSSR count). The van der Waals surface area contributed by atoms with Crippen LogP contribution in [-0.2, 0) is 4.79 Å². The van der Waals surface area contributed by atoms with Gasteiger partial charge in [0, 0.05) is 30.4 Å². The monoisotopic (exact) mass is 248 g/mol.